The van der Waals surface area contributed by atoms with Gasteiger partial charge in [-0.15, -0.1) is 0 Å². The van der Waals surface area contributed by atoms with Crippen LogP contribution in [-0.4, -0.2) is 26.6 Å². The number of carbonyl (C=O) groups excluding carboxylic acids is 1. The minimum Gasteiger partial charge on any atom is -0.399 e. The Labute approximate surface area is 112 Å². The first-order valence-corrected chi connectivity index (χ1v) is 7.65. The van der Waals surface area contributed by atoms with E-state index in [0.29, 0.717) is 12.2 Å². The van der Waals surface area contributed by atoms with E-state index in [-0.39, 0.29) is 24.0 Å². The molecule has 2 rings (SSSR count). The molecule has 1 fully saturated rings. The second kappa shape index (κ2) is 4.82. The Morgan fingerprint density at radius 1 is 1.42 bits per heavy atom. The third kappa shape index (κ3) is 3.24. The van der Waals surface area contributed by atoms with Gasteiger partial charge >= 0.3 is 0 Å². The fourth-order valence-corrected chi connectivity index (χ4v) is 3.25. The van der Waals surface area contributed by atoms with E-state index in [9.17, 15) is 13.2 Å². The van der Waals surface area contributed by atoms with Gasteiger partial charge in [0.15, 0.2) is 0 Å². The zero-order valence-corrected chi connectivity index (χ0v) is 11.5. The summed E-state index contributed by atoms with van der Waals surface area (Å²) in [4.78, 5) is 13.6. The molecular weight excluding hydrogens is 266 g/mol. The molecule has 1 aromatic rings. The van der Waals surface area contributed by atoms with Gasteiger partial charge in [-0.3, -0.25) is 4.79 Å². The maximum Gasteiger partial charge on any atom is 0.227 e. The number of rotatable bonds is 3. The Morgan fingerprint density at radius 3 is 2.74 bits per heavy atom. The average Bonchev–Trinajstić information content (AvgIpc) is 2.60. The minimum atomic E-state index is -3.56. The van der Waals surface area contributed by atoms with Gasteiger partial charge in [0.25, 0.3) is 0 Å². The predicted octanol–water partition coefficient (Wildman–Crippen LogP) is 0.219. The molecule has 1 saturated heterocycles. The van der Waals surface area contributed by atoms with E-state index in [1.54, 1.807) is 17.0 Å². The molecule has 0 spiro atoms. The number of benzene rings is 1. The summed E-state index contributed by atoms with van der Waals surface area (Å²) in [6.07, 6.45) is 0.199. The predicted molar refractivity (Wildman–Crippen MR) is 74.0 cm³/mol. The van der Waals surface area contributed by atoms with Crippen LogP contribution < -0.4 is 15.8 Å². The van der Waals surface area contributed by atoms with Crippen molar-refractivity contribution in [3.8, 4) is 0 Å². The van der Waals surface area contributed by atoms with Gasteiger partial charge in [0.2, 0.25) is 15.9 Å². The Morgan fingerprint density at radius 2 is 2.11 bits per heavy atom. The lowest BCUT2D eigenvalue weighted by Crippen LogP contribution is -2.28. The largest absolute Gasteiger partial charge is 0.399 e. The Bertz CT molecular complexity index is 613. The van der Waals surface area contributed by atoms with Gasteiger partial charge < -0.3 is 10.6 Å². The number of nitrogen functional groups attached to an aromatic ring is 1. The lowest BCUT2D eigenvalue weighted by molar-refractivity contribution is -0.117. The van der Waals surface area contributed by atoms with Crippen LogP contribution in [-0.2, 0) is 14.8 Å². The molecule has 1 amide bonds. The smallest absolute Gasteiger partial charge is 0.227 e. The highest BCUT2D eigenvalue weighted by Gasteiger charge is 2.33. The number of sulfonamides is 1. The molecule has 6 nitrogen and oxygen atoms in total. The van der Waals surface area contributed by atoms with Crippen LogP contribution in [0.25, 0.3) is 0 Å². The number of amides is 1. The first-order valence-electron chi connectivity index (χ1n) is 5.93. The average molecular weight is 283 g/mol. The van der Waals surface area contributed by atoms with Crippen molar-refractivity contribution in [1.29, 1.82) is 0 Å². The van der Waals surface area contributed by atoms with Crippen LogP contribution in [0.2, 0.25) is 0 Å². The highest BCUT2D eigenvalue weighted by molar-refractivity contribution is 7.89. The minimum absolute atomic E-state index is 0.0950. The molecule has 19 heavy (non-hydrogen) atoms. The van der Waals surface area contributed by atoms with Gasteiger partial charge in [-0.1, -0.05) is 6.07 Å². The topological polar surface area (TPSA) is 106 Å². The number of hydrogen-bond acceptors (Lipinski definition) is 4. The number of anilines is 2. The van der Waals surface area contributed by atoms with Gasteiger partial charge in [-0.2, -0.15) is 0 Å². The third-order valence-corrected chi connectivity index (χ3v) is 4.13. The lowest BCUT2D eigenvalue weighted by atomic mass is 10.1. The van der Waals surface area contributed by atoms with Crippen molar-refractivity contribution in [3.63, 3.8) is 0 Å². The molecule has 0 radical (unpaired) electrons. The van der Waals surface area contributed by atoms with Crippen molar-refractivity contribution in [2.24, 2.45) is 11.1 Å². The van der Waals surface area contributed by atoms with E-state index >= 15 is 0 Å². The van der Waals surface area contributed by atoms with E-state index in [2.05, 4.69) is 0 Å². The molecule has 4 N–H and O–H groups in total. The van der Waals surface area contributed by atoms with Crippen LogP contribution in [0.1, 0.15) is 12.0 Å². The molecule has 1 unspecified atom stereocenters. The fourth-order valence-electron chi connectivity index (χ4n) is 2.37. The van der Waals surface area contributed by atoms with Crippen molar-refractivity contribution in [2.45, 2.75) is 13.3 Å². The van der Waals surface area contributed by atoms with Gasteiger partial charge in [0, 0.05) is 30.3 Å². The van der Waals surface area contributed by atoms with Crippen molar-refractivity contribution < 1.29 is 13.2 Å². The molecule has 1 aliphatic heterocycles. The van der Waals surface area contributed by atoms with Gasteiger partial charge in [-0.05, 0) is 24.6 Å². The summed E-state index contributed by atoms with van der Waals surface area (Å²) < 4.78 is 22.2. The highest BCUT2D eigenvalue weighted by atomic mass is 32.2. The molecule has 1 atom stereocenters. The standard InChI is InChI=1S/C12H17N3O3S/c1-8-2-3-10(13)5-11(8)15-6-9(4-12(15)16)7-19(14,17)18/h2-3,5,9H,4,6-7,13H2,1H3,(H2,14,17,18). The molecule has 1 heterocycles. The zero-order chi connectivity index (χ0) is 14.2. The summed E-state index contributed by atoms with van der Waals surface area (Å²) in [5.74, 6) is -0.526. The summed E-state index contributed by atoms with van der Waals surface area (Å²) in [6.45, 7) is 2.24. The molecular formula is C12H17N3O3S. The molecule has 1 aromatic carbocycles. The van der Waals surface area contributed by atoms with E-state index in [1.165, 1.54) is 0 Å². The monoisotopic (exact) mass is 283 g/mol. The van der Waals surface area contributed by atoms with Crippen LogP contribution in [0.4, 0.5) is 11.4 Å². The summed E-state index contributed by atoms with van der Waals surface area (Å²) in [6, 6.07) is 5.33. The van der Waals surface area contributed by atoms with E-state index in [0.717, 1.165) is 11.3 Å². The molecule has 0 saturated carbocycles. The highest BCUT2D eigenvalue weighted by Crippen LogP contribution is 2.29. The number of nitrogens with two attached hydrogens (primary N) is 2. The van der Waals surface area contributed by atoms with Crippen LogP contribution >= 0.6 is 0 Å². The Hall–Kier alpha value is -1.60. The van der Waals surface area contributed by atoms with E-state index in [1.807, 2.05) is 13.0 Å². The number of hydrogen-bond donors (Lipinski definition) is 2. The Kier molecular flexibility index (Phi) is 3.51. The number of nitrogens with zero attached hydrogens (tertiary/aromatic N) is 1. The number of primary sulfonamides is 1. The number of aryl methyl sites for hydroxylation is 1. The van der Waals surface area contributed by atoms with Gasteiger partial charge in [0.05, 0.1) is 5.75 Å². The fraction of sp³-hybridized carbons (Fsp3) is 0.417. The second-order valence-corrected chi connectivity index (χ2v) is 6.61. The van der Waals surface area contributed by atoms with Gasteiger partial charge in [0.1, 0.15) is 0 Å². The summed E-state index contributed by atoms with van der Waals surface area (Å²) in [5.41, 5.74) is 7.96. The van der Waals surface area contributed by atoms with Crippen LogP contribution in [0.15, 0.2) is 18.2 Å². The van der Waals surface area contributed by atoms with Crippen molar-refractivity contribution in [2.75, 3.05) is 22.9 Å². The van der Waals surface area contributed by atoms with E-state index in [4.69, 9.17) is 10.9 Å². The van der Waals surface area contributed by atoms with Crippen molar-refractivity contribution in [1.82, 2.24) is 0 Å². The molecule has 0 aromatic heterocycles. The summed E-state index contributed by atoms with van der Waals surface area (Å²) in [5, 5.41) is 5.02. The van der Waals surface area contributed by atoms with Crippen LogP contribution in [0.3, 0.4) is 0 Å². The lowest BCUT2D eigenvalue weighted by Gasteiger charge is -2.19. The molecule has 7 heteroatoms. The van der Waals surface area contributed by atoms with Gasteiger partial charge in [-0.25, -0.2) is 13.6 Å². The molecule has 0 aliphatic carbocycles. The quantitative estimate of drug-likeness (QED) is 0.774. The summed E-state index contributed by atoms with van der Waals surface area (Å²) >= 11 is 0. The molecule has 0 bridgehead atoms. The SMILES string of the molecule is Cc1ccc(N)cc1N1CC(CS(N)(=O)=O)CC1=O. The maximum absolute atomic E-state index is 12.0. The van der Waals surface area contributed by atoms with Crippen molar-refractivity contribution in [3.05, 3.63) is 23.8 Å². The Balaban J connectivity index is 2.23. The normalized spacial score (nSPS) is 20.0. The first-order chi connectivity index (χ1) is 8.76. The van der Waals surface area contributed by atoms with E-state index < -0.39 is 10.0 Å². The van der Waals surface area contributed by atoms with Crippen LogP contribution in [0, 0.1) is 12.8 Å². The maximum atomic E-state index is 12.0. The van der Waals surface area contributed by atoms with Crippen LogP contribution in [0.5, 0.6) is 0 Å². The zero-order valence-electron chi connectivity index (χ0n) is 10.7. The summed E-state index contributed by atoms with van der Waals surface area (Å²) in [7, 11) is -3.56. The number of carbonyl (C=O) groups is 1. The third-order valence-electron chi connectivity index (χ3n) is 3.20. The molecule has 104 valence electrons. The van der Waals surface area contributed by atoms with Crippen molar-refractivity contribution >= 4 is 27.3 Å². The second-order valence-electron chi connectivity index (χ2n) is 4.95. The molecule has 1 aliphatic rings. The first kappa shape index (κ1) is 13.8.